The van der Waals surface area contributed by atoms with Crippen molar-refractivity contribution in [1.29, 1.82) is 0 Å². The van der Waals surface area contributed by atoms with Gasteiger partial charge in [-0.1, -0.05) is 73.2 Å². The van der Waals surface area contributed by atoms with Crippen LogP contribution in [0.15, 0.2) is 95.0 Å². The average Bonchev–Trinajstić information content (AvgIpc) is 3.78. The summed E-state index contributed by atoms with van der Waals surface area (Å²) in [5.74, 6) is 1.26. The van der Waals surface area contributed by atoms with E-state index in [0.29, 0.717) is 55.1 Å². The molecule has 2 unspecified atom stereocenters. The number of anilines is 1. The summed E-state index contributed by atoms with van der Waals surface area (Å²) in [5.41, 5.74) is 5.01. The molecule has 0 N–H and O–H groups in total. The maximum Gasteiger partial charge on any atom is 0.319 e. The van der Waals surface area contributed by atoms with Crippen LogP contribution in [0.2, 0.25) is 0 Å². The topological polar surface area (TPSA) is 124 Å². The molecule has 6 aromatic rings. The van der Waals surface area contributed by atoms with E-state index in [1.165, 1.54) is 0 Å². The van der Waals surface area contributed by atoms with Crippen LogP contribution in [0.25, 0.3) is 21.9 Å². The Morgan fingerprint density at radius 2 is 1.69 bits per heavy atom. The summed E-state index contributed by atoms with van der Waals surface area (Å²) in [7, 11) is 2.10. The SMILES string of the molecule is CC(c1cccnc1N=C(c1ccccc1)c1ccccc1)N1CCn2ncc3c2c2c1nc(OC[C@@H]1CCCN1C)nc2c(=O)n3C1CCCCC1=O. The molecule has 12 heteroatoms. The first kappa shape index (κ1) is 34.0. The van der Waals surface area contributed by atoms with Crippen LogP contribution < -0.4 is 15.2 Å². The predicted molar refractivity (Wildman–Crippen MR) is 209 cm³/mol. The highest BCUT2D eigenvalue weighted by atomic mass is 16.5. The number of ether oxygens (including phenoxy) is 1. The smallest absolute Gasteiger partial charge is 0.319 e. The molecule has 0 bridgehead atoms. The lowest BCUT2D eigenvalue weighted by Gasteiger charge is -2.31. The molecule has 1 saturated heterocycles. The van der Waals surface area contributed by atoms with Gasteiger partial charge in [0.05, 0.1) is 47.0 Å². The van der Waals surface area contributed by atoms with E-state index in [9.17, 15) is 9.59 Å². The van der Waals surface area contributed by atoms with Gasteiger partial charge in [0.1, 0.15) is 17.9 Å². The summed E-state index contributed by atoms with van der Waals surface area (Å²) in [6.45, 7) is 4.60. The quantitative estimate of drug-likeness (QED) is 0.155. The van der Waals surface area contributed by atoms with Gasteiger partial charge in [-0.15, -0.1) is 0 Å². The van der Waals surface area contributed by atoms with Crippen molar-refractivity contribution < 1.29 is 9.53 Å². The van der Waals surface area contributed by atoms with Crippen molar-refractivity contribution in [3.63, 3.8) is 0 Å². The minimum absolute atomic E-state index is 0.0759. The van der Waals surface area contributed by atoms with Crippen LogP contribution >= 0.6 is 0 Å². The van der Waals surface area contributed by atoms with Gasteiger partial charge in [-0.3, -0.25) is 18.8 Å². The lowest BCUT2D eigenvalue weighted by atomic mass is 9.93. The first-order chi connectivity index (χ1) is 26.5. The van der Waals surface area contributed by atoms with Crippen molar-refractivity contribution in [2.45, 2.75) is 70.1 Å². The number of benzene rings is 2. The van der Waals surface area contributed by atoms with Crippen molar-refractivity contribution in [2.24, 2.45) is 4.99 Å². The van der Waals surface area contributed by atoms with Crippen molar-refractivity contribution in [3.8, 4) is 6.01 Å². The fraction of sp³-hybridized carbons (Fsp3) is 0.357. The first-order valence-electron chi connectivity index (χ1n) is 19.0. The molecule has 0 amide bonds. The molecular weight excluding hydrogens is 679 g/mol. The number of likely N-dealkylation sites (N-methyl/N-ethyl adjacent to an activating group) is 1. The third-order valence-corrected chi connectivity index (χ3v) is 11.4. The third kappa shape index (κ3) is 6.04. The van der Waals surface area contributed by atoms with E-state index < -0.39 is 6.04 Å². The second-order valence-electron chi connectivity index (χ2n) is 14.6. The Bertz CT molecular complexity index is 2400. The number of likely N-dealkylation sites (tertiary alicyclic amines) is 1. The summed E-state index contributed by atoms with van der Waals surface area (Å²) in [6.07, 6.45) is 8.41. The molecule has 1 saturated carbocycles. The maximum absolute atomic E-state index is 14.7. The first-order valence-corrected chi connectivity index (χ1v) is 19.0. The van der Waals surface area contributed by atoms with E-state index in [0.717, 1.165) is 60.1 Å². The lowest BCUT2D eigenvalue weighted by molar-refractivity contribution is -0.123. The highest BCUT2D eigenvalue weighted by Gasteiger charge is 2.34. The maximum atomic E-state index is 14.7. The number of hydrogen-bond acceptors (Lipinski definition) is 10. The van der Waals surface area contributed by atoms with Crippen LogP contribution in [0.1, 0.15) is 74.2 Å². The number of ketones is 1. The Labute approximate surface area is 313 Å². The Balaban J connectivity index is 1.21. The monoisotopic (exact) mass is 721 g/mol. The van der Waals surface area contributed by atoms with Gasteiger partial charge >= 0.3 is 6.01 Å². The molecular formula is C42H43N9O3. The summed E-state index contributed by atoms with van der Waals surface area (Å²) in [4.78, 5) is 52.6. The Hall–Kier alpha value is -5.75. The van der Waals surface area contributed by atoms with Gasteiger partial charge in [-0.25, -0.2) is 9.98 Å². The number of Topliss-reactive ketones (excluding diaryl/α,β-unsaturated/α-hetero) is 1. The molecule has 9 rings (SSSR count). The Morgan fingerprint density at radius 1 is 0.907 bits per heavy atom. The van der Waals surface area contributed by atoms with E-state index in [1.807, 2.05) is 47.1 Å². The predicted octanol–water partition coefficient (Wildman–Crippen LogP) is 6.44. The Kier molecular flexibility index (Phi) is 8.98. The Morgan fingerprint density at radius 3 is 2.41 bits per heavy atom. The zero-order chi connectivity index (χ0) is 36.8. The van der Waals surface area contributed by atoms with Crippen molar-refractivity contribution in [3.05, 3.63) is 112 Å². The molecule has 274 valence electrons. The van der Waals surface area contributed by atoms with E-state index in [-0.39, 0.29) is 35.0 Å². The van der Waals surface area contributed by atoms with Gasteiger partial charge in [0, 0.05) is 41.9 Å². The molecule has 6 heterocycles. The van der Waals surface area contributed by atoms with Crippen LogP contribution in [0.5, 0.6) is 6.01 Å². The van der Waals surface area contributed by atoms with Crippen LogP contribution in [-0.4, -0.2) is 78.5 Å². The molecule has 2 aliphatic heterocycles. The number of aliphatic imine (C=N–C) groups is 1. The van der Waals surface area contributed by atoms with Gasteiger partial charge in [-0.2, -0.15) is 15.1 Å². The molecule has 54 heavy (non-hydrogen) atoms. The van der Waals surface area contributed by atoms with Crippen molar-refractivity contribution in [2.75, 3.05) is 31.6 Å². The van der Waals surface area contributed by atoms with Gasteiger partial charge in [0.15, 0.2) is 11.6 Å². The number of pyridine rings is 2. The molecule has 0 spiro atoms. The van der Waals surface area contributed by atoms with Crippen LogP contribution in [-0.2, 0) is 11.3 Å². The molecule has 12 nitrogen and oxygen atoms in total. The van der Waals surface area contributed by atoms with E-state index in [4.69, 9.17) is 29.8 Å². The van der Waals surface area contributed by atoms with Gasteiger partial charge in [0.2, 0.25) is 0 Å². The number of carbonyl (C=O) groups is 1. The minimum atomic E-state index is -0.555. The molecule has 2 fully saturated rings. The average molecular weight is 722 g/mol. The molecule has 1 aliphatic carbocycles. The lowest BCUT2D eigenvalue weighted by Crippen LogP contribution is -2.34. The normalized spacial score (nSPS) is 19.4. The van der Waals surface area contributed by atoms with Gasteiger partial charge in [-0.05, 0) is 52.3 Å². The van der Waals surface area contributed by atoms with Crippen LogP contribution in [0, 0.1) is 0 Å². The van der Waals surface area contributed by atoms with E-state index in [2.05, 4.69) is 54.1 Å². The number of carbonyl (C=O) groups excluding carboxylic acids is 1. The van der Waals surface area contributed by atoms with Crippen molar-refractivity contribution in [1.82, 2.24) is 34.2 Å². The summed E-state index contributed by atoms with van der Waals surface area (Å²) in [5, 5.41) is 5.41. The fourth-order valence-corrected chi connectivity index (χ4v) is 8.46. The molecule has 3 aliphatic rings. The largest absolute Gasteiger partial charge is 0.462 e. The number of rotatable bonds is 9. The third-order valence-electron chi connectivity index (χ3n) is 11.4. The highest BCUT2D eigenvalue weighted by molar-refractivity contribution is 6.14. The minimum Gasteiger partial charge on any atom is -0.462 e. The van der Waals surface area contributed by atoms with Gasteiger partial charge < -0.3 is 14.5 Å². The molecule has 0 radical (unpaired) electrons. The van der Waals surface area contributed by atoms with Crippen LogP contribution in [0.4, 0.5) is 11.6 Å². The fourth-order valence-electron chi connectivity index (χ4n) is 8.46. The standard InChI is InChI=1S/C42H43N9O3/c1-27(31-18-11-21-43-39(31)45-36(28-13-5-3-6-14-28)29-15-7-4-8-16-29)49-23-24-50-38-33(25-44-50)51(32-19-9-10-20-34(32)52)41(53)37-35(38)40(49)47-42(46-37)54-26-30-17-12-22-48(30)2/h3-8,11,13-16,18,21,25,27,30,32H,9-10,12,17,19-20,22-24,26H2,1-2H3/t27?,30-,32?/m0/s1. The summed E-state index contributed by atoms with van der Waals surface area (Å²) in [6, 6.07) is 23.8. The zero-order valence-corrected chi connectivity index (χ0v) is 30.6. The second kappa shape index (κ2) is 14.2. The van der Waals surface area contributed by atoms with Crippen molar-refractivity contribution >= 4 is 45.1 Å². The summed E-state index contributed by atoms with van der Waals surface area (Å²) < 4.78 is 9.95. The zero-order valence-electron chi connectivity index (χ0n) is 30.6. The van der Waals surface area contributed by atoms with Crippen LogP contribution in [0.3, 0.4) is 0 Å². The number of hydrogen-bond donors (Lipinski definition) is 0. The van der Waals surface area contributed by atoms with Gasteiger partial charge in [0.25, 0.3) is 5.56 Å². The number of nitrogens with zero attached hydrogens (tertiary/aromatic N) is 9. The highest BCUT2D eigenvalue weighted by Crippen LogP contribution is 2.40. The van der Waals surface area contributed by atoms with E-state index >= 15 is 0 Å². The molecule has 3 atom stereocenters. The molecule has 2 aromatic carbocycles. The summed E-state index contributed by atoms with van der Waals surface area (Å²) >= 11 is 0. The molecule has 4 aromatic heterocycles. The number of aromatic nitrogens is 6. The second-order valence-corrected chi connectivity index (χ2v) is 14.6. The van der Waals surface area contributed by atoms with E-state index in [1.54, 1.807) is 17.0 Å².